The Labute approximate surface area is 73.8 Å². The monoisotopic (exact) mass is 167 g/mol. The van der Waals surface area contributed by atoms with Gasteiger partial charge in [0.05, 0.1) is 0 Å². The third-order valence-corrected chi connectivity index (χ3v) is 2.67. The molecule has 1 radical (unpaired) electrons. The molecule has 0 bridgehead atoms. The van der Waals surface area contributed by atoms with Crippen molar-refractivity contribution in [3.05, 3.63) is 29.1 Å². The van der Waals surface area contributed by atoms with E-state index in [1.54, 1.807) is 5.92 Å². The van der Waals surface area contributed by atoms with E-state index in [9.17, 15) is 0 Å². The van der Waals surface area contributed by atoms with Gasteiger partial charge in [-0.25, -0.2) is 0 Å². The van der Waals surface area contributed by atoms with Gasteiger partial charge in [-0.3, -0.25) is 0 Å². The Hall–Kier alpha value is -0.170. The molecule has 0 aromatic rings. The number of allylic oxidation sites excluding steroid dienone is 3. The van der Waals surface area contributed by atoms with Gasteiger partial charge in [-0.1, -0.05) is 32.1 Å². The Balaban J connectivity index is 2.61. The van der Waals surface area contributed by atoms with Crippen LogP contribution in [0.3, 0.4) is 0 Å². The van der Waals surface area contributed by atoms with Crippen LogP contribution in [-0.2, 0) is 0 Å². The van der Waals surface area contributed by atoms with Crippen molar-refractivity contribution < 1.29 is 0 Å². The van der Waals surface area contributed by atoms with Gasteiger partial charge < -0.3 is 0 Å². The molecule has 0 atom stereocenters. The van der Waals surface area contributed by atoms with Gasteiger partial charge >= 0.3 is 0 Å². The van der Waals surface area contributed by atoms with Crippen molar-refractivity contribution in [1.82, 2.24) is 0 Å². The van der Waals surface area contributed by atoms with E-state index in [2.05, 4.69) is 38.3 Å². The molecule has 0 N–H and O–H groups in total. The van der Waals surface area contributed by atoms with E-state index in [-0.39, 0.29) is 0 Å². The average Bonchev–Trinajstić information content (AvgIpc) is 2.05. The van der Waals surface area contributed by atoms with E-state index in [0.717, 1.165) is 6.42 Å². The summed E-state index contributed by atoms with van der Waals surface area (Å²) >= 11 is 1.82. The van der Waals surface area contributed by atoms with Crippen LogP contribution in [0.25, 0.3) is 0 Å². The van der Waals surface area contributed by atoms with Gasteiger partial charge in [0, 0.05) is 10.8 Å². The fourth-order valence-corrected chi connectivity index (χ4v) is 1.63. The second kappa shape index (κ2) is 4.01. The molecular weight excluding hydrogens is 152 g/mol. The third kappa shape index (κ3) is 2.41. The van der Waals surface area contributed by atoms with Crippen LogP contribution in [0.2, 0.25) is 0 Å². The zero-order chi connectivity index (χ0) is 8.27. The lowest BCUT2D eigenvalue weighted by Gasteiger charge is -2.18. The van der Waals surface area contributed by atoms with E-state index < -0.39 is 0 Å². The van der Waals surface area contributed by atoms with Crippen LogP contribution in [0, 0.1) is 11.8 Å². The van der Waals surface area contributed by atoms with Crippen LogP contribution in [0.4, 0.5) is 0 Å². The van der Waals surface area contributed by atoms with Crippen LogP contribution in [-0.4, -0.2) is 6.26 Å². The molecular formula is C10H15S. The fraction of sp³-hybridized carbons (Fsp3) is 0.500. The first-order valence-corrected chi connectivity index (χ1v) is 5.24. The SMILES string of the molecule is CSC1=C[C](C(C)C)CC=C1. The highest BCUT2D eigenvalue weighted by atomic mass is 32.2. The highest BCUT2D eigenvalue weighted by molar-refractivity contribution is 8.02. The van der Waals surface area contributed by atoms with Crippen molar-refractivity contribution in [3.8, 4) is 0 Å². The molecule has 0 amide bonds. The van der Waals surface area contributed by atoms with Gasteiger partial charge in [0.2, 0.25) is 0 Å². The van der Waals surface area contributed by atoms with Crippen molar-refractivity contribution in [2.75, 3.05) is 6.26 Å². The van der Waals surface area contributed by atoms with E-state index in [1.807, 2.05) is 11.8 Å². The van der Waals surface area contributed by atoms with Crippen molar-refractivity contribution in [2.24, 2.45) is 5.92 Å². The Morgan fingerprint density at radius 1 is 1.45 bits per heavy atom. The lowest BCUT2D eigenvalue weighted by molar-refractivity contribution is 0.671. The van der Waals surface area contributed by atoms with Crippen LogP contribution in [0.5, 0.6) is 0 Å². The van der Waals surface area contributed by atoms with E-state index in [1.165, 1.54) is 4.91 Å². The molecule has 0 heterocycles. The normalized spacial score (nSPS) is 19.1. The molecule has 0 aromatic carbocycles. The zero-order valence-corrected chi connectivity index (χ0v) is 8.24. The first kappa shape index (κ1) is 8.92. The predicted molar refractivity (Wildman–Crippen MR) is 53.4 cm³/mol. The average molecular weight is 167 g/mol. The van der Waals surface area contributed by atoms with Crippen molar-refractivity contribution in [1.29, 1.82) is 0 Å². The van der Waals surface area contributed by atoms with Crippen molar-refractivity contribution in [3.63, 3.8) is 0 Å². The topological polar surface area (TPSA) is 0 Å². The largest absolute Gasteiger partial charge is 0.130 e. The lowest BCUT2D eigenvalue weighted by atomic mass is 9.90. The van der Waals surface area contributed by atoms with Gasteiger partial charge in [-0.05, 0) is 18.6 Å². The summed E-state index contributed by atoms with van der Waals surface area (Å²) in [5, 5.41) is 0. The third-order valence-electron chi connectivity index (χ3n) is 1.94. The van der Waals surface area contributed by atoms with Crippen LogP contribution in [0.15, 0.2) is 23.1 Å². The molecule has 61 valence electrons. The summed E-state index contributed by atoms with van der Waals surface area (Å²) in [6.07, 6.45) is 10.0. The maximum absolute atomic E-state index is 2.31. The first-order valence-electron chi connectivity index (χ1n) is 4.02. The van der Waals surface area contributed by atoms with Crippen molar-refractivity contribution >= 4 is 11.8 Å². The molecule has 1 rings (SSSR count). The van der Waals surface area contributed by atoms with Gasteiger partial charge in [0.1, 0.15) is 0 Å². The molecule has 1 heteroatoms. The van der Waals surface area contributed by atoms with Gasteiger partial charge in [0.15, 0.2) is 0 Å². The number of thioether (sulfide) groups is 1. The van der Waals surface area contributed by atoms with Crippen molar-refractivity contribution in [2.45, 2.75) is 20.3 Å². The van der Waals surface area contributed by atoms with E-state index in [0.29, 0.717) is 5.92 Å². The second-order valence-electron chi connectivity index (χ2n) is 3.09. The molecule has 0 aromatic heterocycles. The first-order chi connectivity index (χ1) is 5.24. The van der Waals surface area contributed by atoms with Gasteiger partial charge in [-0.2, -0.15) is 0 Å². The Kier molecular flexibility index (Phi) is 3.25. The minimum absolute atomic E-state index is 0.696. The highest BCUT2D eigenvalue weighted by Gasteiger charge is 2.12. The summed E-state index contributed by atoms with van der Waals surface area (Å²) in [5.74, 6) is 2.25. The van der Waals surface area contributed by atoms with Gasteiger partial charge in [-0.15, -0.1) is 11.8 Å². The van der Waals surface area contributed by atoms with E-state index >= 15 is 0 Å². The zero-order valence-electron chi connectivity index (χ0n) is 7.42. The highest BCUT2D eigenvalue weighted by Crippen LogP contribution is 2.29. The quantitative estimate of drug-likeness (QED) is 0.607. The summed E-state index contributed by atoms with van der Waals surface area (Å²) in [6, 6.07) is 0. The van der Waals surface area contributed by atoms with Crippen LogP contribution < -0.4 is 0 Å². The van der Waals surface area contributed by atoms with Gasteiger partial charge in [0.25, 0.3) is 0 Å². The summed E-state index contributed by atoms with van der Waals surface area (Å²) in [5.41, 5.74) is 0. The molecule has 0 aliphatic heterocycles. The minimum Gasteiger partial charge on any atom is -0.130 e. The summed E-state index contributed by atoms with van der Waals surface area (Å²) in [7, 11) is 0. The van der Waals surface area contributed by atoms with Crippen LogP contribution >= 0.6 is 11.8 Å². The predicted octanol–water partition coefficient (Wildman–Crippen LogP) is 3.42. The number of hydrogen-bond donors (Lipinski definition) is 0. The molecule has 1 aliphatic carbocycles. The lowest BCUT2D eigenvalue weighted by Crippen LogP contribution is -2.04. The molecule has 11 heavy (non-hydrogen) atoms. The Morgan fingerprint density at radius 3 is 2.73 bits per heavy atom. The molecule has 0 unspecified atom stereocenters. The van der Waals surface area contributed by atoms with E-state index in [4.69, 9.17) is 0 Å². The maximum atomic E-state index is 2.31. The molecule has 0 nitrogen and oxygen atoms in total. The minimum atomic E-state index is 0.696. The maximum Gasteiger partial charge on any atom is 0.00502 e. The molecule has 0 fully saturated rings. The summed E-state index contributed by atoms with van der Waals surface area (Å²) in [6.45, 7) is 4.51. The molecule has 0 saturated heterocycles. The van der Waals surface area contributed by atoms with Crippen LogP contribution in [0.1, 0.15) is 20.3 Å². The summed E-state index contributed by atoms with van der Waals surface area (Å²) in [4.78, 5) is 1.39. The fourth-order valence-electron chi connectivity index (χ4n) is 1.13. The number of rotatable bonds is 2. The smallest absolute Gasteiger partial charge is 0.00502 e. The standard InChI is InChI=1S/C10H15S/c1-8(2)9-5-4-6-10(7-9)11-3/h4,6-8H,5H2,1-3H3. The second-order valence-corrected chi connectivity index (χ2v) is 3.97. The number of hydrogen-bond acceptors (Lipinski definition) is 1. The molecule has 0 saturated carbocycles. The molecule has 1 aliphatic rings. The Morgan fingerprint density at radius 2 is 2.18 bits per heavy atom. The Bertz CT molecular complexity index is 177. The summed E-state index contributed by atoms with van der Waals surface area (Å²) < 4.78 is 0. The molecule has 0 spiro atoms.